The van der Waals surface area contributed by atoms with Crippen LogP contribution >= 0.6 is 11.3 Å². The predicted octanol–water partition coefficient (Wildman–Crippen LogP) is 3.43. The Labute approximate surface area is 117 Å². The van der Waals surface area contributed by atoms with Crippen LogP contribution in [0, 0.1) is 0 Å². The number of hydrogen-bond acceptors (Lipinski definition) is 4. The third-order valence-corrected chi connectivity index (χ3v) is 3.63. The van der Waals surface area contributed by atoms with Crippen molar-refractivity contribution in [2.45, 2.75) is 19.4 Å². The summed E-state index contributed by atoms with van der Waals surface area (Å²) < 4.78 is 11.0. The summed E-state index contributed by atoms with van der Waals surface area (Å²) in [6.07, 6.45) is 0.307. The van der Waals surface area contributed by atoms with Gasteiger partial charge < -0.3 is 14.6 Å². The lowest BCUT2D eigenvalue weighted by molar-refractivity contribution is 0.191. The zero-order valence-corrected chi connectivity index (χ0v) is 11.9. The molecule has 0 aliphatic heterocycles. The fraction of sp³-hybridized carbons (Fsp3) is 0.333. The molecule has 1 atom stereocenters. The van der Waals surface area contributed by atoms with E-state index in [9.17, 15) is 5.11 Å². The summed E-state index contributed by atoms with van der Waals surface area (Å²) in [5.41, 5.74) is 2.05. The van der Waals surface area contributed by atoms with Crippen molar-refractivity contribution in [3.63, 3.8) is 0 Å². The van der Waals surface area contributed by atoms with Crippen LogP contribution in [0.25, 0.3) is 0 Å². The molecule has 102 valence electrons. The van der Waals surface area contributed by atoms with Crippen LogP contribution in [0.4, 0.5) is 0 Å². The van der Waals surface area contributed by atoms with Gasteiger partial charge in [-0.15, -0.1) is 0 Å². The first-order valence-electron chi connectivity index (χ1n) is 6.20. The molecule has 0 saturated heterocycles. The van der Waals surface area contributed by atoms with Crippen LogP contribution < -0.4 is 9.47 Å². The minimum Gasteiger partial charge on any atom is -0.497 e. The molecule has 0 unspecified atom stereocenters. The third kappa shape index (κ3) is 3.72. The van der Waals surface area contributed by atoms with Gasteiger partial charge in [0.1, 0.15) is 11.5 Å². The summed E-state index contributed by atoms with van der Waals surface area (Å²) in [4.78, 5) is 0. The van der Waals surface area contributed by atoms with Crippen LogP contribution in [0.3, 0.4) is 0 Å². The lowest BCUT2D eigenvalue weighted by Crippen LogP contribution is -2.04. The highest BCUT2D eigenvalue weighted by atomic mass is 32.1. The first kappa shape index (κ1) is 13.9. The van der Waals surface area contributed by atoms with Gasteiger partial charge in [-0.2, -0.15) is 11.3 Å². The molecule has 0 spiro atoms. The lowest BCUT2D eigenvalue weighted by Gasteiger charge is -2.14. The van der Waals surface area contributed by atoms with Crippen LogP contribution in [0.2, 0.25) is 0 Å². The predicted molar refractivity (Wildman–Crippen MR) is 77.1 cm³/mol. The molecule has 0 saturated carbocycles. The molecule has 19 heavy (non-hydrogen) atoms. The van der Waals surface area contributed by atoms with E-state index in [1.165, 1.54) is 5.56 Å². The summed E-state index contributed by atoms with van der Waals surface area (Å²) in [5.74, 6) is 1.42. The Hall–Kier alpha value is -1.52. The molecule has 4 heteroatoms. The van der Waals surface area contributed by atoms with Crippen molar-refractivity contribution in [2.75, 3.05) is 13.7 Å². The van der Waals surface area contributed by atoms with Gasteiger partial charge in [0.25, 0.3) is 0 Å². The zero-order chi connectivity index (χ0) is 13.7. The molecule has 3 nitrogen and oxygen atoms in total. The van der Waals surface area contributed by atoms with Gasteiger partial charge in [0.15, 0.2) is 0 Å². The molecule has 1 heterocycles. The Bertz CT molecular complexity index is 506. The van der Waals surface area contributed by atoms with Crippen molar-refractivity contribution in [2.24, 2.45) is 0 Å². The van der Waals surface area contributed by atoms with Crippen LogP contribution in [0.15, 0.2) is 35.0 Å². The van der Waals surface area contributed by atoms with Crippen molar-refractivity contribution in [3.05, 3.63) is 46.2 Å². The molecule has 0 amide bonds. The third-order valence-electron chi connectivity index (χ3n) is 2.90. The maximum Gasteiger partial charge on any atom is 0.128 e. The van der Waals surface area contributed by atoms with E-state index >= 15 is 0 Å². The minimum atomic E-state index is -0.554. The summed E-state index contributed by atoms with van der Waals surface area (Å²) in [5, 5.41) is 13.9. The topological polar surface area (TPSA) is 38.7 Å². The average molecular weight is 278 g/mol. The summed E-state index contributed by atoms with van der Waals surface area (Å²) in [7, 11) is 1.62. The molecular formula is C15H18O3S. The van der Waals surface area contributed by atoms with Crippen molar-refractivity contribution in [1.82, 2.24) is 0 Å². The Morgan fingerprint density at radius 3 is 2.79 bits per heavy atom. The van der Waals surface area contributed by atoms with Gasteiger partial charge in [-0.05, 0) is 41.4 Å². The van der Waals surface area contributed by atoms with E-state index in [2.05, 4.69) is 16.8 Å². The number of benzene rings is 1. The minimum absolute atomic E-state index is 0.554. The molecule has 1 aromatic carbocycles. The number of thiophene rings is 1. The summed E-state index contributed by atoms with van der Waals surface area (Å²) in [6.45, 7) is 2.32. The van der Waals surface area contributed by atoms with Crippen LogP contribution in [-0.2, 0) is 6.42 Å². The molecule has 2 aromatic rings. The molecule has 1 aromatic heterocycles. The second-order valence-electron chi connectivity index (χ2n) is 4.31. The standard InChI is InChI=1S/C15H18O3S/c1-11(16)14-4-3-13(17-2)9-15(14)18-7-5-12-6-8-19-10-12/h3-4,6,8-11,16H,5,7H2,1-2H3/t11-/m0/s1. The van der Waals surface area contributed by atoms with Gasteiger partial charge in [-0.1, -0.05) is 0 Å². The van der Waals surface area contributed by atoms with Gasteiger partial charge in [0.05, 0.1) is 19.8 Å². The number of hydrogen-bond donors (Lipinski definition) is 1. The number of aliphatic hydroxyl groups is 1. The molecule has 2 rings (SSSR count). The molecule has 0 aliphatic carbocycles. The van der Waals surface area contributed by atoms with Gasteiger partial charge in [0.2, 0.25) is 0 Å². The molecule has 0 bridgehead atoms. The van der Waals surface area contributed by atoms with E-state index in [1.54, 1.807) is 25.4 Å². The van der Waals surface area contributed by atoms with E-state index in [0.717, 1.165) is 17.7 Å². The molecule has 0 aliphatic rings. The Kier molecular flexibility index (Phi) is 4.82. The SMILES string of the molecule is COc1ccc([C@H](C)O)c(OCCc2ccsc2)c1. The molecular weight excluding hydrogens is 260 g/mol. The van der Waals surface area contributed by atoms with Crippen LogP contribution in [-0.4, -0.2) is 18.8 Å². The Balaban J connectivity index is 2.04. The maximum absolute atomic E-state index is 9.73. The fourth-order valence-electron chi connectivity index (χ4n) is 1.83. The maximum atomic E-state index is 9.73. The van der Waals surface area contributed by atoms with Crippen LogP contribution in [0.1, 0.15) is 24.2 Å². The van der Waals surface area contributed by atoms with Gasteiger partial charge in [0, 0.05) is 18.1 Å². The molecule has 0 fully saturated rings. The van der Waals surface area contributed by atoms with Crippen molar-refractivity contribution in [3.8, 4) is 11.5 Å². The van der Waals surface area contributed by atoms with Crippen molar-refractivity contribution < 1.29 is 14.6 Å². The van der Waals surface area contributed by atoms with Crippen molar-refractivity contribution in [1.29, 1.82) is 0 Å². The van der Waals surface area contributed by atoms with E-state index in [1.807, 2.05) is 18.2 Å². The summed E-state index contributed by atoms with van der Waals surface area (Å²) in [6, 6.07) is 7.57. The zero-order valence-electron chi connectivity index (χ0n) is 11.1. The second kappa shape index (κ2) is 6.59. The monoisotopic (exact) mass is 278 g/mol. The highest BCUT2D eigenvalue weighted by Crippen LogP contribution is 2.29. The molecule has 1 N–H and O–H groups in total. The normalized spacial score (nSPS) is 12.2. The number of methoxy groups -OCH3 is 1. The van der Waals surface area contributed by atoms with Gasteiger partial charge in [-0.3, -0.25) is 0 Å². The first-order chi connectivity index (χ1) is 9.20. The number of ether oxygens (including phenoxy) is 2. The number of rotatable bonds is 6. The highest BCUT2D eigenvalue weighted by molar-refractivity contribution is 7.07. The highest BCUT2D eigenvalue weighted by Gasteiger charge is 2.10. The number of aliphatic hydroxyl groups excluding tert-OH is 1. The van der Waals surface area contributed by atoms with Crippen molar-refractivity contribution >= 4 is 11.3 Å². The first-order valence-corrected chi connectivity index (χ1v) is 7.15. The van der Waals surface area contributed by atoms with Gasteiger partial charge in [-0.25, -0.2) is 0 Å². The van der Waals surface area contributed by atoms with E-state index < -0.39 is 6.10 Å². The second-order valence-corrected chi connectivity index (χ2v) is 5.09. The van der Waals surface area contributed by atoms with Gasteiger partial charge >= 0.3 is 0 Å². The van der Waals surface area contributed by atoms with E-state index in [-0.39, 0.29) is 0 Å². The lowest BCUT2D eigenvalue weighted by atomic mass is 10.1. The molecule has 0 radical (unpaired) electrons. The average Bonchev–Trinajstić information content (AvgIpc) is 2.91. The fourth-order valence-corrected chi connectivity index (χ4v) is 2.53. The largest absolute Gasteiger partial charge is 0.497 e. The smallest absolute Gasteiger partial charge is 0.128 e. The van der Waals surface area contributed by atoms with E-state index in [0.29, 0.717) is 12.4 Å². The quantitative estimate of drug-likeness (QED) is 0.879. The summed E-state index contributed by atoms with van der Waals surface area (Å²) >= 11 is 1.68. The Morgan fingerprint density at radius 2 is 2.16 bits per heavy atom. The Morgan fingerprint density at radius 1 is 1.32 bits per heavy atom. The van der Waals surface area contributed by atoms with E-state index in [4.69, 9.17) is 9.47 Å². The van der Waals surface area contributed by atoms with Crippen LogP contribution in [0.5, 0.6) is 11.5 Å².